The maximum Gasteiger partial charge on any atom is 0.222 e. The molecule has 0 aliphatic carbocycles. The van der Waals surface area contributed by atoms with Crippen molar-refractivity contribution in [2.45, 2.75) is 19.8 Å². The number of nitrogens with zero attached hydrogens (tertiary/aromatic N) is 3. The number of nitrogens with one attached hydrogen (secondary N) is 1. The molecule has 2 rings (SSSR count). The topological polar surface area (TPSA) is 103 Å². The fraction of sp³-hybridized carbons (Fsp3) is 0.214. The summed E-state index contributed by atoms with van der Waals surface area (Å²) in [4.78, 5) is 12.0. The van der Waals surface area contributed by atoms with Crippen LogP contribution >= 0.6 is 0 Å². The van der Waals surface area contributed by atoms with Gasteiger partial charge in [0.1, 0.15) is 11.4 Å². The summed E-state index contributed by atoms with van der Waals surface area (Å²) in [6, 6.07) is 1.80. The minimum absolute atomic E-state index is 0.135. The second kappa shape index (κ2) is 5.45. The van der Waals surface area contributed by atoms with Gasteiger partial charge in [-0.25, -0.2) is 9.97 Å². The molecule has 0 spiro atoms. The van der Waals surface area contributed by atoms with E-state index in [1.807, 2.05) is 0 Å². The normalized spacial score (nSPS) is 10.3. The van der Waals surface area contributed by atoms with Crippen LogP contribution in [0, 0.1) is 12.3 Å². The minimum Gasteiger partial charge on any atom is -0.382 e. The van der Waals surface area contributed by atoms with Crippen LogP contribution in [0.15, 0.2) is 18.5 Å². The van der Waals surface area contributed by atoms with E-state index >= 15 is 0 Å². The Balaban J connectivity index is 2.43. The highest BCUT2D eigenvalue weighted by molar-refractivity contribution is 5.72. The molecule has 0 aromatic carbocycles. The number of anilines is 4. The molecule has 0 radical (unpaired) electrons. The second-order valence-corrected chi connectivity index (χ2v) is 4.61. The van der Waals surface area contributed by atoms with Gasteiger partial charge in [0.15, 0.2) is 5.82 Å². The summed E-state index contributed by atoms with van der Waals surface area (Å²) in [6.07, 6.45) is 8.68. The summed E-state index contributed by atoms with van der Waals surface area (Å²) in [7, 11) is 0. The van der Waals surface area contributed by atoms with Gasteiger partial charge in [-0.15, -0.1) is 6.42 Å². The Hall–Kier alpha value is -2.81. The zero-order valence-electron chi connectivity index (χ0n) is 11.4. The lowest BCUT2D eigenvalue weighted by Gasteiger charge is -2.15. The summed E-state index contributed by atoms with van der Waals surface area (Å²) in [5, 5.41) is 3.18. The second-order valence-electron chi connectivity index (χ2n) is 4.61. The first-order chi connectivity index (χ1) is 9.51. The average molecular weight is 268 g/mol. The van der Waals surface area contributed by atoms with E-state index in [1.54, 1.807) is 12.3 Å². The molecule has 102 valence electrons. The van der Waals surface area contributed by atoms with Gasteiger partial charge in [0.25, 0.3) is 0 Å². The fourth-order valence-corrected chi connectivity index (χ4v) is 1.76. The van der Waals surface area contributed by atoms with E-state index in [4.69, 9.17) is 17.9 Å². The van der Waals surface area contributed by atoms with Crippen molar-refractivity contribution in [3.8, 4) is 12.3 Å². The standard InChI is InChI=1S/C14H16N6/c1-4-9-5-11(10(6-17-9)8(2)3)19-12-7-18-14(16)20-13(12)15/h1,5-8H,2-3H3,(H,17,19)(H4,15,16,18,20). The van der Waals surface area contributed by atoms with Crippen LogP contribution in [0.3, 0.4) is 0 Å². The third-order valence-electron chi connectivity index (χ3n) is 2.81. The molecule has 6 nitrogen and oxygen atoms in total. The fourth-order valence-electron chi connectivity index (χ4n) is 1.76. The molecular formula is C14H16N6. The maximum absolute atomic E-state index is 5.82. The smallest absolute Gasteiger partial charge is 0.222 e. The number of aromatic nitrogens is 3. The van der Waals surface area contributed by atoms with Crippen LogP contribution in [0.2, 0.25) is 0 Å². The molecule has 2 aromatic rings. The molecule has 2 heterocycles. The van der Waals surface area contributed by atoms with Crippen LogP contribution in [-0.4, -0.2) is 15.0 Å². The van der Waals surface area contributed by atoms with Crippen molar-refractivity contribution in [1.29, 1.82) is 0 Å². The van der Waals surface area contributed by atoms with Gasteiger partial charge < -0.3 is 16.8 Å². The van der Waals surface area contributed by atoms with Gasteiger partial charge in [-0.3, -0.25) is 0 Å². The van der Waals surface area contributed by atoms with Crippen molar-refractivity contribution >= 4 is 23.1 Å². The lowest BCUT2D eigenvalue weighted by Crippen LogP contribution is -2.06. The van der Waals surface area contributed by atoms with Gasteiger partial charge in [0.05, 0.1) is 6.20 Å². The van der Waals surface area contributed by atoms with Crippen LogP contribution in [-0.2, 0) is 0 Å². The van der Waals surface area contributed by atoms with Crippen molar-refractivity contribution in [2.75, 3.05) is 16.8 Å². The molecule has 0 unspecified atom stereocenters. The Kier molecular flexibility index (Phi) is 3.71. The van der Waals surface area contributed by atoms with Gasteiger partial charge >= 0.3 is 0 Å². The van der Waals surface area contributed by atoms with Gasteiger partial charge in [-0.2, -0.15) is 4.98 Å². The Morgan fingerprint density at radius 2 is 1.95 bits per heavy atom. The first-order valence-corrected chi connectivity index (χ1v) is 6.12. The molecule has 0 fully saturated rings. The molecular weight excluding hydrogens is 252 g/mol. The molecule has 0 bridgehead atoms. The van der Waals surface area contributed by atoms with Gasteiger partial charge in [-0.1, -0.05) is 19.8 Å². The van der Waals surface area contributed by atoms with Crippen molar-refractivity contribution in [3.63, 3.8) is 0 Å². The first-order valence-electron chi connectivity index (χ1n) is 6.12. The van der Waals surface area contributed by atoms with Crippen LogP contribution in [0.4, 0.5) is 23.1 Å². The number of nitrogen functional groups attached to an aromatic ring is 2. The molecule has 0 aliphatic rings. The number of rotatable bonds is 3. The molecule has 0 aliphatic heterocycles. The molecule has 6 heteroatoms. The number of terminal acetylenes is 1. The summed E-state index contributed by atoms with van der Waals surface area (Å²) in [5.41, 5.74) is 14.3. The Labute approximate surface area is 117 Å². The Morgan fingerprint density at radius 1 is 1.20 bits per heavy atom. The molecule has 0 saturated carbocycles. The SMILES string of the molecule is C#Cc1cc(Nc2cnc(N)nc2N)c(C(C)C)cn1. The molecule has 0 atom stereocenters. The third-order valence-corrected chi connectivity index (χ3v) is 2.81. The highest BCUT2D eigenvalue weighted by Gasteiger charge is 2.11. The van der Waals surface area contributed by atoms with Crippen molar-refractivity contribution in [1.82, 2.24) is 15.0 Å². The van der Waals surface area contributed by atoms with Crippen molar-refractivity contribution < 1.29 is 0 Å². The van der Waals surface area contributed by atoms with Crippen LogP contribution < -0.4 is 16.8 Å². The monoisotopic (exact) mass is 268 g/mol. The Bertz CT molecular complexity index is 672. The van der Waals surface area contributed by atoms with E-state index in [1.165, 1.54) is 6.20 Å². The van der Waals surface area contributed by atoms with Crippen LogP contribution in [0.1, 0.15) is 31.0 Å². The molecule has 20 heavy (non-hydrogen) atoms. The number of hydrogen-bond acceptors (Lipinski definition) is 6. The van der Waals surface area contributed by atoms with Crippen molar-refractivity contribution in [2.24, 2.45) is 0 Å². The predicted octanol–water partition coefficient (Wildman–Crippen LogP) is 1.88. The molecule has 2 aromatic heterocycles. The summed E-state index contributed by atoms with van der Waals surface area (Å²) in [5.74, 6) is 3.21. The number of hydrogen-bond donors (Lipinski definition) is 3. The van der Waals surface area contributed by atoms with Crippen molar-refractivity contribution in [3.05, 3.63) is 29.7 Å². The first kappa shape index (κ1) is 13.6. The summed E-state index contributed by atoms with van der Waals surface area (Å²) in [6.45, 7) is 4.14. The van der Waals surface area contributed by atoms with E-state index in [0.717, 1.165) is 11.3 Å². The molecule has 0 amide bonds. The van der Waals surface area contributed by atoms with Crippen LogP contribution in [0.5, 0.6) is 0 Å². The van der Waals surface area contributed by atoms with E-state index in [9.17, 15) is 0 Å². The third kappa shape index (κ3) is 2.78. The molecule has 5 N–H and O–H groups in total. The zero-order chi connectivity index (χ0) is 14.7. The molecule has 0 saturated heterocycles. The summed E-state index contributed by atoms with van der Waals surface area (Å²) < 4.78 is 0. The van der Waals surface area contributed by atoms with Gasteiger partial charge in [0, 0.05) is 11.9 Å². The quantitative estimate of drug-likeness (QED) is 0.734. The number of pyridine rings is 1. The lowest BCUT2D eigenvalue weighted by atomic mass is 10.0. The zero-order valence-corrected chi connectivity index (χ0v) is 11.4. The largest absolute Gasteiger partial charge is 0.382 e. The van der Waals surface area contributed by atoms with Gasteiger partial charge in [-0.05, 0) is 17.5 Å². The average Bonchev–Trinajstić information content (AvgIpc) is 2.41. The number of nitrogens with two attached hydrogens (primary N) is 2. The van der Waals surface area contributed by atoms with Crippen LogP contribution in [0.25, 0.3) is 0 Å². The maximum atomic E-state index is 5.82. The van der Waals surface area contributed by atoms with E-state index in [-0.39, 0.29) is 17.7 Å². The van der Waals surface area contributed by atoms with E-state index in [2.05, 4.69) is 40.0 Å². The Morgan fingerprint density at radius 3 is 2.55 bits per heavy atom. The van der Waals surface area contributed by atoms with Gasteiger partial charge in [0.2, 0.25) is 5.95 Å². The van der Waals surface area contributed by atoms with E-state index in [0.29, 0.717) is 11.4 Å². The minimum atomic E-state index is 0.135. The highest BCUT2D eigenvalue weighted by Crippen LogP contribution is 2.28. The summed E-state index contributed by atoms with van der Waals surface area (Å²) >= 11 is 0. The lowest BCUT2D eigenvalue weighted by molar-refractivity contribution is 0.860. The highest BCUT2D eigenvalue weighted by atomic mass is 15.1. The van der Waals surface area contributed by atoms with E-state index < -0.39 is 0 Å². The predicted molar refractivity (Wildman–Crippen MR) is 80.4 cm³/mol.